The number of nitrogens with zero attached hydrogens (tertiary/aromatic N) is 1. The minimum Gasteiger partial charge on any atom is -0.358 e. The van der Waals surface area contributed by atoms with Crippen molar-refractivity contribution in [3.05, 3.63) is 125 Å². The molecule has 5 aromatic rings. The van der Waals surface area contributed by atoms with Crippen molar-refractivity contribution in [2.24, 2.45) is 5.41 Å². The van der Waals surface area contributed by atoms with E-state index in [9.17, 15) is 4.79 Å². The normalized spacial score (nSPS) is 18.5. The average molecular weight is 483 g/mol. The van der Waals surface area contributed by atoms with Crippen LogP contribution in [0.5, 0.6) is 0 Å². The number of para-hydroxylation sites is 1. The third-order valence-electron chi connectivity index (χ3n) is 8.08. The van der Waals surface area contributed by atoms with Gasteiger partial charge in [-0.1, -0.05) is 92.7 Å². The molecule has 182 valence electrons. The van der Waals surface area contributed by atoms with Gasteiger partial charge in [-0.3, -0.25) is 4.79 Å². The lowest BCUT2D eigenvalue weighted by Crippen LogP contribution is -2.33. The number of carbonyl (C=O) groups is 1. The molecule has 0 spiro atoms. The number of hydrogen-bond donors (Lipinski definition) is 1. The van der Waals surface area contributed by atoms with E-state index in [1.165, 1.54) is 38.4 Å². The number of nitrogens with one attached hydrogen (secondary N) is 1. The first kappa shape index (κ1) is 22.1. The van der Waals surface area contributed by atoms with Gasteiger partial charge in [-0.05, 0) is 51.4 Å². The number of benzene rings is 4. The van der Waals surface area contributed by atoms with E-state index in [1.54, 1.807) is 0 Å². The Bertz CT molecular complexity index is 1720. The van der Waals surface area contributed by atoms with Crippen LogP contribution in [-0.4, -0.2) is 10.4 Å². The molecule has 4 aromatic carbocycles. The Labute approximate surface area is 217 Å². The summed E-state index contributed by atoms with van der Waals surface area (Å²) in [7, 11) is 0. The van der Waals surface area contributed by atoms with E-state index in [0.717, 1.165) is 29.9 Å². The van der Waals surface area contributed by atoms with Gasteiger partial charge in [-0.2, -0.15) is 0 Å². The molecule has 0 radical (unpaired) electrons. The molecule has 1 aliphatic carbocycles. The molecule has 2 heterocycles. The summed E-state index contributed by atoms with van der Waals surface area (Å²) in [5.74, 6) is 0.157. The Balaban J connectivity index is 1.51. The second-order valence-corrected chi connectivity index (χ2v) is 11.4. The minimum absolute atomic E-state index is 0.0525. The fourth-order valence-electron chi connectivity index (χ4n) is 6.53. The summed E-state index contributed by atoms with van der Waals surface area (Å²) in [4.78, 5) is 13.9. The summed E-state index contributed by atoms with van der Waals surface area (Å²) in [6, 6.07) is 32.2. The predicted octanol–water partition coefficient (Wildman–Crippen LogP) is 8.04. The molecule has 1 atom stereocenters. The van der Waals surface area contributed by atoms with Crippen LogP contribution in [0.1, 0.15) is 49.3 Å². The van der Waals surface area contributed by atoms with Crippen LogP contribution in [-0.2, 0) is 11.3 Å². The smallest absolute Gasteiger partial charge is 0.162 e. The van der Waals surface area contributed by atoms with Gasteiger partial charge in [0.15, 0.2) is 5.78 Å². The molecular weight excluding hydrogens is 452 g/mol. The lowest BCUT2D eigenvalue weighted by Gasteiger charge is -2.39. The molecule has 0 saturated heterocycles. The number of Topliss-reactive ketones (excluding diaryl/α,β-unsaturated/α-hetero) is 1. The zero-order chi connectivity index (χ0) is 25.1. The maximum atomic E-state index is 13.9. The Morgan fingerprint density at radius 1 is 0.838 bits per heavy atom. The van der Waals surface area contributed by atoms with E-state index in [2.05, 4.69) is 121 Å². The van der Waals surface area contributed by atoms with Crippen LogP contribution in [0.3, 0.4) is 0 Å². The maximum Gasteiger partial charge on any atom is 0.162 e. The summed E-state index contributed by atoms with van der Waals surface area (Å²) in [5.41, 5.74) is 8.00. The van der Waals surface area contributed by atoms with Gasteiger partial charge in [-0.25, -0.2) is 0 Å². The lowest BCUT2D eigenvalue weighted by atomic mass is 9.68. The largest absolute Gasteiger partial charge is 0.358 e. The number of fused-ring (bicyclic) bond motifs is 4. The van der Waals surface area contributed by atoms with Crippen LogP contribution < -0.4 is 5.32 Å². The Hall–Kier alpha value is -4.11. The molecule has 0 unspecified atom stereocenters. The fraction of sp³-hybridized carbons (Fsp3) is 0.206. The highest BCUT2D eigenvalue weighted by Crippen LogP contribution is 2.52. The van der Waals surface area contributed by atoms with Crippen molar-refractivity contribution < 1.29 is 4.79 Å². The van der Waals surface area contributed by atoms with E-state index >= 15 is 0 Å². The summed E-state index contributed by atoms with van der Waals surface area (Å²) in [6.45, 7) is 5.20. The zero-order valence-electron chi connectivity index (χ0n) is 21.3. The number of rotatable bonds is 3. The average Bonchev–Trinajstić information content (AvgIpc) is 3.25. The van der Waals surface area contributed by atoms with Crippen LogP contribution in [0, 0.1) is 5.41 Å². The highest BCUT2D eigenvalue weighted by atomic mass is 16.1. The van der Waals surface area contributed by atoms with Gasteiger partial charge in [0, 0.05) is 52.9 Å². The number of carbonyl (C=O) groups excluding carboxylic acids is 1. The van der Waals surface area contributed by atoms with E-state index in [4.69, 9.17) is 0 Å². The molecule has 37 heavy (non-hydrogen) atoms. The SMILES string of the molecule is CC1(C)CC(=O)C2=C(C1)Nc1ccc3ccccc3c1[C@@H]2c1cn(Cc2ccccc2)c2ccccc12. The predicted molar refractivity (Wildman–Crippen MR) is 152 cm³/mol. The topological polar surface area (TPSA) is 34.0 Å². The maximum absolute atomic E-state index is 13.9. The van der Waals surface area contributed by atoms with Crippen molar-refractivity contribution in [2.45, 2.75) is 39.2 Å². The molecule has 0 amide bonds. The monoisotopic (exact) mass is 482 g/mol. The van der Waals surface area contributed by atoms with Crippen molar-refractivity contribution in [2.75, 3.05) is 5.32 Å². The van der Waals surface area contributed by atoms with Crippen molar-refractivity contribution in [1.82, 2.24) is 4.57 Å². The number of allylic oxidation sites excluding steroid dienone is 2. The van der Waals surface area contributed by atoms with Gasteiger partial charge >= 0.3 is 0 Å². The molecule has 2 aliphatic rings. The molecule has 7 rings (SSSR count). The number of anilines is 1. The third kappa shape index (κ3) is 3.61. The molecule has 0 saturated carbocycles. The summed E-state index contributed by atoms with van der Waals surface area (Å²) in [6.07, 6.45) is 3.75. The molecule has 1 aromatic heterocycles. The van der Waals surface area contributed by atoms with E-state index < -0.39 is 0 Å². The highest BCUT2D eigenvalue weighted by Gasteiger charge is 2.42. The standard InChI is InChI=1S/C34H30N2O/c1-34(2)18-28-33(30(37)19-34)32(31-24-13-7-6-12-23(24)16-17-27(31)35-28)26-21-36(20-22-10-4-3-5-11-22)29-15-9-8-14-25(26)29/h3-17,21,32,35H,18-20H2,1-2H3/t32-/m0/s1. The molecular formula is C34H30N2O. The zero-order valence-corrected chi connectivity index (χ0v) is 21.3. The van der Waals surface area contributed by atoms with Gasteiger partial charge in [0.1, 0.15) is 0 Å². The Kier molecular flexibility index (Phi) is 4.91. The van der Waals surface area contributed by atoms with Gasteiger partial charge in [-0.15, -0.1) is 0 Å². The Morgan fingerprint density at radius 3 is 2.41 bits per heavy atom. The molecule has 0 fully saturated rings. The third-order valence-corrected chi connectivity index (χ3v) is 8.08. The van der Waals surface area contributed by atoms with Gasteiger partial charge in [0.2, 0.25) is 0 Å². The second-order valence-electron chi connectivity index (χ2n) is 11.4. The molecule has 3 nitrogen and oxygen atoms in total. The number of hydrogen-bond acceptors (Lipinski definition) is 2. The van der Waals surface area contributed by atoms with Crippen LogP contribution in [0.25, 0.3) is 21.7 Å². The Morgan fingerprint density at radius 2 is 1.57 bits per heavy atom. The number of ketones is 1. The van der Waals surface area contributed by atoms with Gasteiger partial charge in [0.25, 0.3) is 0 Å². The minimum atomic E-state index is -0.108. The quantitative estimate of drug-likeness (QED) is 0.282. The van der Waals surface area contributed by atoms with Crippen LogP contribution in [0.2, 0.25) is 0 Å². The van der Waals surface area contributed by atoms with Crippen molar-refractivity contribution >= 4 is 33.1 Å². The van der Waals surface area contributed by atoms with Crippen molar-refractivity contribution in [3.8, 4) is 0 Å². The summed E-state index contributed by atoms with van der Waals surface area (Å²) >= 11 is 0. The molecule has 1 aliphatic heterocycles. The van der Waals surface area contributed by atoms with E-state index in [-0.39, 0.29) is 17.1 Å². The van der Waals surface area contributed by atoms with Crippen LogP contribution in [0.15, 0.2) is 108 Å². The first-order valence-electron chi connectivity index (χ1n) is 13.2. The lowest BCUT2D eigenvalue weighted by molar-refractivity contribution is -0.118. The highest BCUT2D eigenvalue weighted by molar-refractivity contribution is 6.05. The molecule has 0 bridgehead atoms. The van der Waals surface area contributed by atoms with Gasteiger partial charge in [0.05, 0.1) is 0 Å². The van der Waals surface area contributed by atoms with E-state index in [1.807, 2.05) is 0 Å². The molecule has 1 N–H and O–H groups in total. The first-order chi connectivity index (χ1) is 18.0. The van der Waals surface area contributed by atoms with Crippen LogP contribution >= 0.6 is 0 Å². The molecule has 3 heteroatoms. The first-order valence-corrected chi connectivity index (χ1v) is 13.2. The fourth-order valence-corrected chi connectivity index (χ4v) is 6.53. The van der Waals surface area contributed by atoms with E-state index in [0.29, 0.717) is 6.42 Å². The summed E-state index contributed by atoms with van der Waals surface area (Å²) in [5, 5.41) is 7.35. The van der Waals surface area contributed by atoms with Gasteiger partial charge < -0.3 is 9.88 Å². The second kappa shape index (κ2) is 8.21. The summed E-state index contributed by atoms with van der Waals surface area (Å²) < 4.78 is 2.35. The van der Waals surface area contributed by atoms with Crippen LogP contribution in [0.4, 0.5) is 5.69 Å². The van der Waals surface area contributed by atoms with Crippen molar-refractivity contribution in [3.63, 3.8) is 0 Å². The number of aromatic nitrogens is 1. The van der Waals surface area contributed by atoms with Crippen molar-refractivity contribution in [1.29, 1.82) is 0 Å².